The van der Waals surface area contributed by atoms with Crippen molar-refractivity contribution in [3.8, 4) is 11.5 Å². The summed E-state index contributed by atoms with van der Waals surface area (Å²) < 4.78 is 10.7. The number of nitrogens with one attached hydrogen (secondary N) is 1. The topological polar surface area (TPSA) is 30.5 Å². The van der Waals surface area contributed by atoms with Crippen molar-refractivity contribution in [3.63, 3.8) is 0 Å². The molecular weight excluding hydrogens is 262 g/mol. The lowest BCUT2D eigenvalue weighted by Gasteiger charge is -2.15. The predicted octanol–water partition coefficient (Wildman–Crippen LogP) is 3.94. The molecule has 0 bridgehead atoms. The number of methoxy groups -OCH3 is 1. The molecule has 0 amide bonds. The SMILES string of the molecule is CCOc1cccc(CN[C@@H](C)c2ccc(OC)cc2)c1. The number of benzene rings is 2. The van der Waals surface area contributed by atoms with Crippen molar-refractivity contribution >= 4 is 0 Å². The van der Waals surface area contributed by atoms with Crippen molar-refractivity contribution < 1.29 is 9.47 Å². The summed E-state index contributed by atoms with van der Waals surface area (Å²) in [6.45, 7) is 5.66. The van der Waals surface area contributed by atoms with Crippen molar-refractivity contribution in [1.29, 1.82) is 0 Å². The molecule has 0 aliphatic rings. The van der Waals surface area contributed by atoms with Crippen molar-refractivity contribution in [1.82, 2.24) is 5.32 Å². The van der Waals surface area contributed by atoms with E-state index in [0.29, 0.717) is 6.61 Å². The summed E-state index contributed by atoms with van der Waals surface area (Å²) in [7, 11) is 1.68. The Bertz CT molecular complexity index is 551. The third-order valence-electron chi connectivity index (χ3n) is 3.44. The minimum atomic E-state index is 0.284. The molecule has 0 aromatic heterocycles. The standard InChI is InChI=1S/C18H23NO2/c1-4-21-18-7-5-6-15(12-18)13-19-14(2)16-8-10-17(20-3)11-9-16/h5-12,14,19H,4,13H2,1-3H3/t14-/m0/s1. The van der Waals surface area contributed by atoms with Gasteiger partial charge in [-0.2, -0.15) is 0 Å². The molecule has 3 heteroatoms. The van der Waals surface area contributed by atoms with Crippen LogP contribution >= 0.6 is 0 Å². The highest BCUT2D eigenvalue weighted by Gasteiger charge is 2.05. The van der Waals surface area contributed by atoms with Gasteiger partial charge in [-0.15, -0.1) is 0 Å². The highest BCUT2D eigenvalue weighted by atomic mass is 16.5. The van der Waals surface area contributed by atoms with Gasteiger partial charge < -0.3 is 14.8 Å². The highest BCUT2D eigenvalue weighted by Crippen LogP contribution is 2.18. The molecule has 2 aromatic carbocycles. The molecule has 0 spiro atoms. The number of hydrogen-bond acceptors (Lipinski definition) is 3. The van der Waals surface area contributed by atoms with E-state index in [0.717, 1.165) is 18.0 Å². The molecule has 0 radical (unpaired) electrons. The minimum absolute atomic E-state index is 0.284. The van der Waals surface area contributed by atoms with Crippen LogP contribution in [-0.4, -0.2) is 13.7 Å². The van der Waals surface area contributed by atoms with E-state index in [1.165, 1.54) is 11.1 Å². The fraction of sp³-hybridized carbons (Fsp3) is 0.333. The van der Waals surface area contributed by atoms with Gasteiger partial charge in [0.25, 0.3) is 0 Å². The second kappa shape index (κ2) is 7.70. The maximum Gasteiger partial charge on any atom is 0.119 e. The van der Waals surface area contributed by atoms with Crippen LogP contribution in [0.2, 0.25) is 0 Å². The molecule has 0 saturated carbocycles. The average Bonchev–Trinajstić information content (AvgIpc) is 2.53. The molecule has 2 aromatic rings. The van der Waals surface area contributed by atoms with Gasteiger partial charge in [-0.3, -0.25) is 0 Å². The van der Waals surface area contributed by atoms with Gasteiger partial charge in [0, 0.05) is 12.6 Å². The van der Waals surface area contributed by atoms with Crippen molar-refractivity contribution in [2.75, 3.05) is 13.7 Å². The first-order valence-corrected chi connectivity index (χ1v) is 7.32. The molecule has 0 aliphatic heterocycles. The third kappa shape index (κ3) is 4.50. The largest absolute Gasteiger partial charge is 0.497 e. The van der Waals surface area contributed by atoms with Gasteiger partial charge in [-0.25, -0.2) is 0 Å². The van der Waals surface area contributed by atoms with Crippen LogP contribution in [0.5, 0.6) is 11.5 Å². The minimum Gasteiger partial charge on any atom is -0.497 e. The number of rotatable bonds is 7. The van der Waals surface area contributed by atoms with Crippen LogP contribution in [0, 0.1) is 0 Å². The van der Waals surface area contributed by atoms with E-state index in [2.05, 4.69) is 36.5 Å². The van der Waals surface area contributed by atoms with E-state index >= 15 is 0 Å². The molecule has 1 atom stereocenters. The summed E-state index contributed by atoms with van der Waals surface area (Å²) in [5.41, 5.74) is 2.47. The summed E-state index contributed by atoms with van der Waals surface area (Å²) in [5, 5.41) is 3.53. The Hall–Kier alpha value is -2.00. The summed E-state index contributed by atoms with van der Waals surface area (Å²) in [6, 6.07) is 16.6. The first-order valence-electron chi connectivity index (χ1n) is 7.32. The maximum atomic E-state index is 5.52. The van der Waals surface area contributed by atoms with Gasteiger partial charge in [0.05, 0.1) is 13.7 Å². The Balaban J connectivity index is 1.93. The lowest BCUT2D eigenvalue weighted by atomic mass is 10.1. The van der Waals surface area contributed by atoms with Gasteiger partial charge >= 0.3 is 0 Å². The smallest absolute Gasteiger partial charge is 0.119 e. The van der Waals surface area contributed by atoms with Crippen LogP contribution in [-0.2, 0) is 6.54 Å². The highest BCUT2D eigenvalue weighted by molar-refractivity contribution is 5.30. The second-order valence-electron chi connectivity index (χ2n) is 4.96. The number of ether oxygens (including phenoxy) is 2. The maximum absolute atomic E-state index is 5.52. The zero-order valence-corrected chi connectivity index (χ0v) is 12.9. The quantitative estimate of drug-likeness (QED) is 0.835. The van der Waals surface area contributed by atoms with Crippen LogP contribution in [0.25, 0.3) is 0 Å². The Morgan fingerprint density at radius 2 is 1.81 bits per heavy atom. The lowest BCUT2D eigenvalue weighted by Crippen LogP contribution is -2.18. The Kier molecular flexibility index (Phi) is 5.64. The van der Waals surface area contributed by atoms with Crippen LogP contribution in [0.1, 0.15) is 31.0 Å². The van der Waals surface area contributed by atoms with Crippen LogP contribution in [0.3, 0.4) is 0 Å². The van der Waals surface area contributed by atoms with Crippen molar-refractivity contribution in [2.45, 2.75) is 26.4 Å². The monoisotopic (exact) mass is 285 g/mol. The Morgan fingerprint density at radius 1 is 1.05 bits per heavy atom. The second-order valence-corrected chi connectivity index (χ2v) is 4.96. The molecule has 1 N–H and O–H groups in total. The molecule has 112 valence electrons. The van der Waals surface area contributed by atoms with Gasteiger partial charge in [0.2, 0.25) is 0 Å². The van der Waals surface area contributed by atoms with E-state index in [4.69, 9.17) is 9.47 Å². The first kappa shape index (κ1) is 15.4. The number of hydrogen-bond donors (Lipinski definition) is 1. The summed E-state index contributed by atoms with van der Waals surface area (Å²) in [6.07, 6.45) is 0. The van der Waals surface area contributed by atoms with Crippen LogP contribution in [0.15, 0.2) is 48.5 Å². The normalized spacial score (nSPS) is 12.0. The molecule has 0 aliphatic carbocycles. The molecule has 0 saturated heterocycles. The molecule has 2 rings (SSSR count). The summed E-state index contributed by atoms with van der Waals surface area (Å²) in [5.74, 6) is 1.81. The van der Waals surface area contributed by atoms with Gasteiger partial charge in [-0.05, 0) is 49.2 Å². The van der Waals surface area contributed by atoms with E-state index < -0.39 is 0 Å². The molecular formula is C18H23NO2. The molecule has 21 heavy (non-hydrogen) atoms. The summed E-state index contributed by atoms with van der Waals surface area (Å²) >= 11 is 0. The average molecular weight is 285 g/mol. The molecule has 0 unspecified atom stereocenters. The van der Waals surface area contributed by atoms with Crippen molar-refractivity contribution in [3.05, 3.63) is 59.7 Å². The molecule has 0 heterocycles. The zero-order chi connectivity index (χ0) is 15.1. The first-order chi connectivity index (χ1) is 10.2. The zero-order valence-electron chi connectivity index (χ0n) is 12.9. The van der Waals surface area contributed by atoms with E-state index in [-0.39, 0.29) is 6.04 Å². The van der Waals surface area contributed by atoms with E-state index in [1.807, 2.05) is 31.2 Å². The van der Waals surface area contributed by atoms with Gasteiger partial charge in [0.1, 0.15) is 11.5 Å². The van der Waals surface area contributed by atoms with E-state index in [1.54, 1.807) is 7.11 Å². The fourth-order valence-corrected chi connectivity index (χ4v) is 2.19. The fourth-order valence-electron chi connectivity index (χ4n) is 2.19. The predicted molar refractivity (Wildman–Crippen MR) is 85.9 cm³/mol. The van der Waals surface area contributed by atoms with Gasteiger partial charge in [0.15, 0.2) is 0 Å². The summed E-state index contributed by atoms with van der Waals surface area (Å²) in [4.78, 5) is 0. The van der Waals surface area contributed by atoms with E-state index in [9.17, 15) is 0 Å². The van der Waals surface area contributed by atoms with Crippen LogP contribution < -0.4 is 14.8 Å². The van der Waals surface area contributed by atoms with Crippen LogP contribution in [0.4, 0.5) is 0 Å². The van der Waals surface area contributed by atoms with Crippen molar-refractivity contribution in [2.24, 2.45) is 0 Å². The third-order valence-corrected chi connectivity index (χ3v) is 3.44. The lowest BCUT2D eigenvalue weighted by molar-refractivity contribution is 0.339. The Labute approximate surface area is 126 Å². The molecule has 3 nitrogen and oxygen atoms in total. The molecule has 0 fully saturated rings. The Morgan fingerprint density at radius 3 is 2.48 bits per heavy atom. The van der Waals surface area contributed by atoms with Gasteiger partial charge in [-0.1, -0.05) is 24.3 Å².